The van der Waals surface area contributed by atoms with Crippen molar-refractivity contribution in [1.82, 2.24) is 5.32 Å². The van der Waals surface area contributed by atoms with Gasteiger partial charge in [-0.25, -0.2) is 0 Å². The number of amides is 1. The van der Waals surface area contributed by atoms with Crippen LogP contribution < -0.4 is 11.1 Å². The van der Waals surface area contributed by atoms with Crippen LogP contribution in [0.25, 0.3) is 0 Å². The molecule has 1 fully saturated rings. The van der Waals surface area contributed by atoms with E-state index in [2.05, 4.69) is 5.32 Å². The summed E-state index contributed by atoms with van der Waals surface area (Å²) in [6.07, 6.45) is 3.45. The summed E-state index contributed by atoms with van der Waals surface area (Å²) >= 11 is 0. The lowest BCUT2D eigenvalue weighted by Gasteiger charge is -2.24. The number of carbonyl (C=O) groups excluding carboxylic acids is 1. The smallest absolute Gasteiger partial charge is 0.308 e. The molecule has 20 heavy (non-hydrogen) atoms. The molecule has 1 rings (SSSR count). The fourth-order valence-corrected chi connectivity index (χ4v) is 3.01. The van der Waals surface area contributed by atoms with Crippen LogP contribution in [0, 0.1) is 23.2 Å². The Kier molecular flexibility index (Phi) is 5.99. The van der Waals surface area contributed by atoms with Crippen LogP contribution >= 0.6 is 0 Å². The quantitative estimate of drug-likeness (QED) is 0.691. The second-order valence-electron chi connectivity index (χ2n) is 7.08. The van der Waals surface area contributed by atoms with Crippen LogP contribution in [-0.2, 0) is 9.59 Å². The minimum atomic E-state index is -0.845. The molecule has 0 heterocycles. The molecule has 5 nitrogen and oxygen atoms in total. The summed E-state index contributed by atoms with van der Waals surface area (Å²) in [4.78, 5) is 23.4. The molecule has 3 atom stereocenters. The Labute approximate surface area is 121 Å². The molecule has 0 radical (unpaired) electrons. The molecular weight excluding hydrogens is 256 g/mol. The molecule has 0 aromatic heterocycles. The van der Waals surface area contributed by atoms with Crippen LogP contribution in [-0.4, -0.2) is 30.1 Å². The first kappa shape index (κ1) is 17.0. The van der Waals surface area contributed by atoms with Gasteiger partial charge in [-0.05, 0) is 37.1 Å². The molecule has 3 unspecified atom stereocenters. The summed E-state index contributed by atoms with van der Waals surface area (Å²) in [5.41, 5.74) is 5.61. The Morgan fingerprint density at radius 3 is 2.50 bits per heavy atom. The molecule has 0 saturated heterocycles. The highest BCUT2D eigenvalue weighted by Crippen LogP contribution is 2.31. The fourth-order valence-electron chi connectivity index (χ4n) is 3.01. The van der Waals surface area contributed by atoms with Crippen LogP contribution in [0.5, 0.6) is 0 Å². The average molecular weight is 284 g/mol. The number of nitrogens with two attached hydrogens (primary N) is 1. The SMILES string of the molecule is CC(C)(C)CC(CNC(=O)C1CCCC1CN)C(=O)O. The van der Waals surface area contributed by atoms with Gasteiger partial charge in [0.25, 0.3) is 0 Å². The van der Waals surface area contributed by atoms with E-state index in [1.54, 1.807) is 0 Å². The molecule has 0 spiro atoms. The van der Waals surface area contributed by atoms with E-state index in [0.29, 0.717) is 13.0 Å². The molecular formula is C15H28N2O3. The van der Waals surface area contributed by atoms with Crippen LogP contribution in [0.3, 0.4) is 0 Å². The minimum Gasteiger partial charge on any atom is -0.481 e. The van der Waals surface area contributed by atoms with Gasteiger partial charge < -0.3 is 16.2 Å². The van der Waals surface area contributed by atoms with Gasteiger partial charge in [0.2, 0.25) is 5.91 Å². The molecule has 1 saturated carbocycles. The van der Waals surface area contributed by atoms with Gasteiger partial charge >= 0.3 is 5.97 Å². The van der Waals surface area contributed by atoms with Gasteiger partial charge in [-0.1, -0.05) is 27.2 Å². The van der Waals surface area contributed by atoms with E-state index in [9.17, 15) is 14.7 Å². The monoisotopic (exact) mass is 284 g/mol. The van der Waals surface area contributed by atoms with Crippen molar-refractivity contribution >= 4 is 11.9 Å². The topological polar surface area (TPSA) is 92.4 Å². The zero-order chi connectivity index (χ0) is 15.3. The van der Waals surface area contributed by atoms with Crippen LogP contribution in [0.4, 0.5) is 0 Å². The average Bonchev–Trinajstić information content (AvgIpc) is 2.80. The predicted octanol–water partition coefficient (Wildman–Crippen LogP) is 1.61. The molecule has 0 aliphatic heterocycles. The Balaban J connectivity index is 2.50. The first-order valence-corrected chi connectivity index (χ1v) is 7.45. The first-order valence-electron chi connectivity index (χ1n) is 7.45. The number of hydrogen-bond donors (Lipinski definition) is 3. The van der Waals surface area contributed by atoms with E-state index in [1.807, 2.05) is 20.8 Å². The van der Waals surface area contributed by atoms with Crippen molar-refractivity contribution in [3.05, 3.63) is 0 Å². The molecule has 0 aromatic carbocycles. The maximum atomic E-state index is 12.1. The van der Waals surface area contributed by atoms with Crippen molar-refractivity contribution in [1.29, 1.82) is 0 Å². The normalized spacial score (nSPS) is 24.4. The van der Waals surface area contributed by atoms with Gasteiger partial charge in [0.15, 0.2) is 0 Å². The van der Waals surface area contributed by atoms with E-state index in [0.717, 1.165) is 19.3 Å². The van der Waals surface area contributed by atoms with Gasteiger partial charge in [-0.15, -0.1) is 0 Å². The van der Waals surface area contributed by atoms with Crippen molar-refractivity contribution in [2.24, 2.45) is 28.9 Å². The molecule has 116 valence electrons. The largest absolute Gasteiger partial charge is 0.481 e. The van der Waals surface area contributed by atoms with E-state index in [-0.39, 0.29) is 29.7 Å². The third-order valence-electron chi connectivity index (χ3n) is 4.03. The number of aliphatic carboxylic acids is 1. The van der Waals surface area contributed by atoms with E-state index < -0.39 is 11.9 Å². The summed E-state index contributed by atoms with van der Waals surface area (Å²) in [6.45, 7) is 6.76. The highest BCUT2D eigenvalue weighted by atomic mass is 16.4. The lowest BCUT2D eigenvalue weighted by Crippen LogP contribution is -2.40. The van der Waals surface area contributed by atoms with E-state index in [4.69, 9.17) is 5.73 Å². The number of carboxylic acid groups (broad SMARTS) is 1. The van der Waals surface area contributed by atoms with Crippen LogP contribution in [0.2, 0.25) is 0 Å². The molecule has 0 aromatic rings. The highest BCUT2D eigenvalue weighted by molar-refractivity contribution is 5.80. The molecule has 0 bridgehead atoms. The minimum absolute atomic E-state index is 0.0295. The molecule has 1 aliphatic rings. The Morgan fingerprint density at radius 2 is 2.00 bits per heavy atom. The maximum absolute atomic E-state index is 12.1. The fraction of sp³-hybridized carbons (Fsp3) is 0.867. The summed E-state index contributed by atoms with van der Waals surface area (Å²) in [5, 5.41) is 12.1. The number of hydrogen-bond acceptors (Lipinski definition) is 3. The van der Waals surface area contributed by atoms with Crippen LogP contribution in [0.15, 0.2) is 0 Å². The third-order valence-corrected chi connectivity index (χ3v) is 4.03. The lowest BCUT2D eigenvalue weighted by atomic mass is 9.84. The zero-order valence-electron chi connectivity index (χ0n) is 12.8. The third kappa shape index (κ3) is 5.12. The number of rotatable bonds is 6. The van der Waals surface area contributed by atoms with Gasteiger partial charge in [0, 0.05) is 12.5 Å². The van der Waals surface area contributed by atoms with Crippen molar-refractivity contribution in [3.8, 4) is 0 Å². The maximum Gasteiger partial charge on any atom is 0.308 e. The van der Waals surface area contributed by atoms with Crippen molar-refractivity contribution in [2.75, 3.05) is 13.1 Å². The second-order valence-corrected chi connectivity index (χ2v) is 7.08. The van der Waals surface area contributed by atoms with Gasteiger partial charge in [0.05, 0.1) is 5.92 Å². The van der Waals surface area contributed by atoms with Gasteiger partial charge in [-0.3, -0.25) is 9.59 Å². The summed E-state index contributed by atoms with van der Waals surface area (Å²) in [5.74, 6) is -1.19. The second kappa shape index (κ2) is 7.07. The van der Waals surface area contributed by atoms with Gasteiger partial charge in [-0.2, -0.15) is 0 Å². The van der Waals surface area contributed by atoms with Crippen molar-refractivity contribution in [3.63, 3.8) is 0 Å². The van der Waals surface area contributed by atoms with Gasteiger partial charge in [0.1, 0.15) is 0 Å². The predicted molar refractivity (Wildman–Crippen MR) is 78.1 cm³/mol. The molecule has 5 heteroatoms. The number of nitrogens with one attached hydrogen (secondary N) is 1. The standard InChI is InChI=1S/C15H28N2O3/c1-15(2,3)7-11(14(19)20)9-17-13(18)12-6-4-5-10(12)8-16/h10-12H,4-9,16H2,1-3H3,(H,17,18)(H,19,20). The Morgan fingerprint density at radius 1 is 1.35 bits per heavy atom. The summed E-state index contributed by atoms with van der Waals surface area (Å²) in [6, 6.07) is 0. The Bertz CT molecular complexity index is 350. The number of carbonyl (C=O) groups is 2. The van der Waals surface area contributed by atoms with E-state index >= 15 is 0 Å². The lowest BCUT2D eigenvalue weighted by molar-refractivity contribution is -0.142. The highest BCUT2D eigenvalue weighted by Gasteiger charge is 2.33. The summed E-state index contributed by atoms with van der Waals surface area (Å²) < 4.78 is 0. The molecule has 1 aliphatic carbocycles. The zero-order valence-corrected chi connectivity index (χ0v) is 12.8. The first-order chi connectivity index (χ1) is 9.24. The molecule has 1 amide bonds. The van der Waals surface area contributed by atoms with Crippen molar-refractivity contribution < 1.29 is 14.7 Å². The number of carboxylic acids is 1. The van der Waals surface area contributed by atoms with E-state index in [1.165, 1.54) is 0 Å². The molecule has 4 N–H and O–H groups in total. The van der Waals surface area contributed by atoms with Crippen LogP contribution in [0.1, 0.15) is 46.5 Å². The Hall–Kier alpha value is -1.10. The summed E-state index contributed by atoms with van der Waals surface area (Å²) in [7, 11) is 0. The van der Waals surface area contributed by atoms with Crippen molar-refractivity contribution in [2.45, 2.75) is 46.5 Å².